The number of hydrogen-bond acceptors (Lipinski definition) is 3. The third kappa shape index (κ3) is 4.10. The Morgan fingerprint density at radius 3 is 2.12 bits per heavy atom. The molecule has 0 N–H and O–H groups in total. The van der Waals surface area contributed by atoms with Crippen molar-refractivity contribution in [1.82, 2.24) is 9.80 Å². The first kappa shape index (κ1) is 17.3. The van der Waals surface area contributed by atoms with Crippen LogP contribution >= 0.6 is 0 Å². The number of nitrogens with zero attached hydrogens (tertiary/aromatic N) is 2. The van der Waals surface area contributed by atoms with Gasteiger partial charge in [-0.1, -0.05) is 30.3 Å². The smallest absolute Gasteiger partial charge is 0.410 e. The molecule has 2 aromatic carbocycles. The fourth-order valence-electron chi connectivity index (χ4n) is 2.92. The first-order valence-corrected chi connectivity index (χ1v) is 8.59. The van der Waals surface area contributed by atoms with E-state index in [2.05, 4.69) is 0 Å². The number of amides is 2. The van der Waals surface area contributed by atoms with Crippen molar-refractivity contribution in [2.45, 2.75) is 26.4 Å². The lowest BCUT2D eigenvalue weighted by atomic mass is 10.1. The predicted molar refractivity (Wildman–Crippen MR) is 97.7 cm³/mol. The van der Waals surface area contributed by atoms with Gasteiger partial charge in [-0.2, -0.15) is 0 Å². The van der Waals surface area contributed by atoms with E-state index in [9.17, 15) is 9.59 Å². The van der Waals surface area contributed by atoms with Gasteiger partial charge in [-0.25, -0.2) is 4.79 Å². The van der Waals surface area contributed by atoms with Crippen LogP contribution in [0.4, 0.5) is 4.79 Å². The molecule has 2 amide bonds. The van der Waals surface area contributed by atoms with E-state index in [-0.39, 0.29) is 12.0 Å². The number of hydrogen-bond donors (Lipinski definition) is 0. The Balaban J connectivity index is 1.63. The van der Waals surface area contributed by atoms with E-state index in [4.69, 9.17) is 4.74 Å². The van der Waals surface area contributed by atoms with Crippen LogP contribution in [-0.2, 0) is 4.74 Å². The molecule has 1 fully saturated rings. The highest BCUT2D eigenvalue weighted by Gasteiger charge is 2.28. The molecule has 0 spiro atoms. The van der Waals surface area contributed by atoms with Crippen LogP contribution in [0.5, 0.6) is 0 Å². The van der Waals surface area contributed by atoms with E-state index < -0.39 is 5.60 Å². The maximum atomic E-state index is 12.7. The molecule has 132 valence electrons. The van der Waals surface area contributed by atoms with Crippen LogP contribution in [0.25, 0.3) is 10.8 Å². The molecule has 0 radical (unpaired) electrons. The zero-order chi connectivity index (χ0) is 18.0. The fourth-order valence-corrected chi connectivity index (χ4v) is 2.92. The fraction of sp³-hybridized carbons (Fsp3) is 0.400. The third-order valence-corrected chi connectivity index (χ3v) is 4.21. The highest BCUT2D eigenvalue weighted by Crippen LogP contribution is 2.18. The van der Waals surface area contributed by atoms with Crippen LogP contribution in [0.3, 0.4) is 0 Å². The summed E-state index contributed by atoms with van der Waals surface area (Å²) in [4.78, 5) is 28.3. The predicted octanol–water partition coefficient (Wildman–Crippen LogP) is 3.53. The number of piperazine rings is 1. The van der Waals surface area contributed by atoms with Crippen LogP contribution in [0.1, 0.15) is 31.1 Å². The molecule has 0 aliphatic carbocycles. The average Bonchev–Trinajstić information content (AvgIpc) is 2.59. The largest absolute Gasteiger partial charge is 0.444 e. The summed E-state index contributed by atoms with van der Waals surface area (Å²) in [6.45, 7) is 7.58. The zero-order valence-corrected chi connectivity index (χ0v) is 15.0. The molecule has 1 saturated heterocycles. The summed E-state index contributed by atoms with van der Waals surface area (Å²) in [6.07, 6.45) is -0.315. The lowest BCUT2D eigenvalue weighted by molar-refractivity contribution is 0.0141. The van der Waals surface area contributed by atoms with Gasteiger partial charge in [0.25, 0.3) is 5.91 Å². The SMILES string of the molecule is CC(C)(C)OC(=O)N1CCN(C(=O)c2ccc3ccccc3c2)CC1. The molecule has 5 nitrogen and oxygen atoms in total. The van der Waals surface area contributed by atoms with Gasteiger partial charge in [0.2, 0.25) is 0 Å². The monoisotopic (exact) mass is 340 g/mol. The molecular formula is C20H24N2O3. The molecular weight excluding hydrogens is 316 g/mol. The second-order valence-electron chi connectivity index (χ2n) is 7.32. The molecule has 1 aliphatic heterocycles. The molecule has 0 aromatic heterocycles. The minimum absolute atomic E-state index is 0.00888. The summed E-state index contributed by atoms with van der Waals surface area (Å²) >= 11 is 0. The minimum Gasteiger partial charge on any atom is -0.444 e. The van der Waals surface area contributed by atoms with E-state index in [0.717, 1.165) is 10.8 Å². The molecule has 25 heavy (non-hydrogen) atoms. The van der Waals surface area contributed by atoms with Gasteiger partial charge in [0, 0.05) is 31.7 Å². The highest BCUT2D eigenvalue weighted by atomic mass is 16.6. The number of ether oxygens (including phenoxy) is 1. The Morgan fingerprint density at radius 2 is 1.48 bits per heavy atom. The lowest BCUT2D eigenvalue weighted by Gasteiger charge is -2.35. The molecule has 3 rings (SSSR count). The van der Waals surface area contributed by atoms with Gasteiger partial charge in [-0.15, -0.1) is 0 Å². The quantitative estimate of drug-likeness (QED) is 0.798. The number of carbonyl (C=O) groups excluding carboxylic acids is 2. The Bertz CT molecular complexity index is 787. The summed E-state index contributed by atoms with van der Waals surface area (Å²) < 4.78 is 5.39. The van der Waals surface area contributed by atoms with Crippen molar-refractivity contribution in [3.05, 3.63) is 48.0 Å². The van der Waals surface area contributed by atoms with Crippen LogP contribution in [0.15, 0.2) is 42.5 Å². The van der Waals surface area contributed by atoms with Crippen LogP contribution < -0.4 is 0 Å². The van der Waals surface area contributed by atoms with Crippen molar-refractivity contribution in [1.29, 1.82) is 0 Å². The van der Waals surface area contributed by atoms with Gasteiger partial charge in [-0.3, -0.25) is 4.79 Å². The van der Waals surface area contributed by atoms with E-state index in [1.54, 1.807) is 9.80 Å². The number of fused-ring (bicyclic) bond motifs is 1. The normalized spacial score (nSPS) is 15.3. The minimum atomic E-state index is -0.505. The summed E-state index contributed by atoms with van der Waals surface area (Å²) in [5.41, 5.74) is 0.180. The Morgan fingerprint density at radius 1 is 0.880 bits per heavy atom. The van der Waals surface area contributed by atoms with Crippen LogP contribution in [0, 0.1) is 0 Å². The van der Waals surface area contributed by atoms with Crippen molar-refractivity contribution in [3.63, 3.8) is 0 Å². The second kappa shape index (κ2) is 6.75. The van der Waals surface area contributed by atoms with Gasteiger partial charge >= 0.3 is 6.09 Å². The highest BCUT2D eigenvalue weighted by molar-refractivity contribution is 5.98. The lowest BCUT2D eigenvalue weighted by Crippen LogP contribution is -2.51. The molecule has 0 unspecified atom stereocenters. The molecule has 0 bridgehead atoms. The topological polar surface area (TPSA) is 49.9 Å². The molecule has 0 saturated carbocycles. The maximum Gasteiger partial charge on any atom is 0.410 e. The number of rotatable bonds is 1. The van der Waals surface area contributed by atoms with Crippen LogP contribution in [-0.4, -0.2) is 53.6 Å². The zero-order valence-electron chi connectivity index (χ0n) is 15.0. The summed E-state index contributed by atoms with van der Waals surface area (Å²) in [6, 6.07) is 13.8. The van der Waals surface area contributed by atoms with Gasteiger partial charge < -0.3 is 14.5 Å². The van der Waals surface area contributed by atoms with Crippen molar-refractivity contribution in [2.75, 3.05) is 26.2 Å². The first-order chi connectivity index (χ1) is 11.8. The summed E-state index contributed by atoms with van der Waals surface area (Å²) in [7, 11) is 0. The van der Waals surface area contributed by atoms with E-state index in [0.29, 0.717) is 31.7 Å². The van der Waals surface area contributed by atoms with E-state index in [1.165, 1.54) is 0 Å². The van der Waals surface area contributed by atoms with Crippen molar-refractivity contribution >= 4 is 22.8 Å². The Kier molecular flexibility index (Phi) is 4.66. The van der Waals surface area contributed by atoms with Gasteiger partial charge in [-0.05, 0) is 43.7 Å². The summed E-state index contributed by atoms with van der Waals surface area (Å²) in [5.74, 6) is 0.00888. The van der Waals surface area contributed by atoms with Gasteiger partial charge in [0.1, 0.15) is 5.60 Å². The van der Waals surface area contributed by atoms with Crippen molar-refractivity contribution in [3.8, 4) is 0 Å². The maximum absolute atomic E-state index is 12.7. The Hall–Kier alpha value is -2.56. The van der Waals surface area contributed by atoms with Crippen molar-refractivity contribution in [2.24, 2.45) is 0 Å². The molecule has 2 aromatic rings. The second-order valence-corrected chi connectivity index (χ2v) is 7.32. The molecule has 1 aliphatic rings. The Labute approximate surface area is 148 Å². The van der Waals surface area contributed by atoms with Crippen LogP contribution in [0.2, 0.25) is 0 Å². The first-order valence-electron chi connectivity index (χ1n) is 8.59. The third-order valence-electron chi connectivity index (χ3n) is 4.21. The summed E-state index contributed by atoms with van der Waals surface area (Å²) in [5, 5.41) is 2.18. The molecule has 1 heterocycles. The van der Waals surface area contributed by atoms with Crippen molar-refractivity contribution < 1.29 is 14.3 Å². The average molecular weight is 340 g/mol. The molecule has 5 heteroatoms. The number of carbonyl (C=O) groups is 2. The molecule has 0 atom stereocenters. The van der Waals surface area contributed by atoms with Gasteiger partial charge in [0.05, 0.1) is 0 Å². The van der Waals surface area contributed by atoms with Gasteiger partial charge in [0.15, 0.2) is 0 Å². The number of benzene rings is 2. The standard InChI is InChI=1S/C20H24N2O3/c1-20(2,3)25-19(24)22-12-10-21(11-13-22)18(23)17-9-8-15-6-4-5-7-16(15)14-17/h4-9,14H,10-13H2,1-3H3. The van der Waals surface area contributed by atoms with E-state index in [1.807, 2.05) is 63.2 Å². The van der Waals surface area contributed by atoms with E-state index >= 15 is 0 Å².